The zero-order valence-corrected chi connectivity index (χ0v) is 16.0. The van der Waals surface area contributed by atoms with Crippen molar-refractivity contribution in [3.8, 4) is 11.1 Å². The van der Waals surface area contributed by atoms with Crippen LogP contribution in [-0.2, 0) is 0 Å². The molecule has 0 spiro atoms. The second-order valence-corrected chi connectivity index (χ2v) is 8.41. The molecule has 2 aliphatic carbocycles. The van der Waals surface area contributed by atoms with Crippen molar-refractivity contribution < 1.29 is 9.78 Å². The first-order chi connectivity index (χ1) is 14.2. The highest BCUT2D eigenvalue weighted by Gasteiger charge is 2.45. The lowest BCUT2D eigenvalue weighted by molar-refractivity contribution is -0.359. The summed E-state index contributed by atoms with van der Waals surface area (Å²) in [6.45, 7) is 0. The lowest BCUT2D eigenvalue weighted by Crippen LogP contribution is -2.29. The van der Waals surface area contributed by atoms with E-state index in [0.29, 0.717) is 11.6 Å². The first-order valence-corrected chi connectivity index (χ1v) is 10.2. The highest BCUT2D eigenvalue weighted by molar-refractivity contribution is 6.17. The number of carbonyl (C=O) groups excluding carboxylic acids is 1. The van der Waals surface area contributed by atoms with Crippen molar-refractivity contribution in [2.24, 2.45) is 17.6 Å². The number of rotatable bonds is 6. The minimum absolute atomic E-state index is 0.444. The number of hydrogen-bond acceptors (Lipinski definition) is 3. The molecule has 146 valence electrons. The molecule has 4 aromatic rings. The number of benzene rings is 1. The van der Waals surface area contributed by atoms with Gasteiger partial charge in [0.2, 0.25) is 0 Å². The fourth-order valence-corrected chi connectivity index (χ4v) is 4.54. The van der Waals surface area contributed by atoms with Gasteiger partial charge >= 0.3 is 0 Å². The molecule has 1 aromatic carbocycles. The summed E-state index contributed by atoms with van der Waals surface area (Å²) in [6.07, 6.45) is 10.6. The van der Waals surface area contributed by atoms with Crippen LogP contribution >= 0.6 is 0 Å². The Bertz CT molecular complexity index is 1220. The number of nitrogens with one attached hydrogen (secondary N) is 4. The van der Waals surface area contributed by atoms with Gasteiger partial charge in [-0.3, -0.25) is 15.2 Å². The van der Waals surface area contributed by atoms with Crippen molar-refractivity contribution in [3.63, 3.8) is 0 Å². The third-order valence-electron chi connectivity index (χ3n) is 6.35. The van der Waals surface area contributed by atoms with Crippen molar-refractivity contribution in [2.75, 3.05) is 5.32 Å². The minimum Gasteiger partial charge on any atom is -0.365 e. The lowest BCUT2D eigenvalue weighted by Gasteiger charge is -2.13. The predicted octanol–water partition coefficient (Wildman–Crippen LogP) is 3.22. The monoisotopic (exact) mass is 387 g/mol. The van der Waals surface area contributed by atoms with Gasteiger partial charge in [0.05, 0.1) is 23.1 Å². The molecule has 7 nitrogen and oxygen atoms in total. The Kier molecular flexibility index (Phi) is 3.47. The van der Waals surface area contributed by atoms with Crippen molar-refractivity contribution in [1.82, 2.24) is 15.2 Å². The Hall–Kier alpha value is -3.35. The predicted molar refractivity (Wildman–Crippen MR) is 111 cm³/mol. The number of amides is 1. The van der Waals surface area contributed by atoms with E-state index < -0.39 is 5.91 Å². The lowest BCUT2D eigenvalue weighted by atomic mass is 10.0. The van der Waals surface area contributed by atoms with Gasteiger partial charge in [-0.25, -0.2) is 4.98 Å². The minimum atomic E-state index is -0.444. The third-order valence-corrected chi connectivity index (χ3v) is 6.35. The Morgan fingerprint density at radius 1 is 1.21 bits per heavy atom. The van der Waals surface area contributed by atoms with Gasteiger partial charge in [-0.05, 0) is 49.1 Å². The molecule has 0 atom stereocenters. The van der Waals surface area contributed by atoms with Crippen LogP contribution in [0.2, 0.25) is 0 Å². The standard InChI is InChI=1S/C22H22N6O/c23-21(29)16-10-24-22(28-19(11-1-2-11)12-3-4-12)18-15-6-5-13(14-8-25-26-9-14)7-17(15)27-20(16)18/h5-12,19,27H,1-4H2,(H2,23,29)(H,24,28)(H,25,26)/p+1. The Morgan fingerprint density at radius 3 is 2.66 bits per heavy atom. The molecule has 1 amide bonds. The quantitative estimate of drug-likeness (QED) is 0.407. The molecule has 0 bridgehead atoms. The van der Waals surface area contributed by atoms with E-state index in [1.807, 2.05) is 6.20 Å². The molecule has 0 saturated heterocycles. The van der Waals surface area contributed by atoms with Crippen molar-refractivity contribution in [1.29, 1.82) is 0 Å². The number of nitrogens with zero attached hydrogens (tertiary/aromatic N) is 1. The van der Waals surface area contributed by atoms with E-state index in [-0.39, 0.29) is 0 Å². The van der Waals surface area contributed by atoms with E-state index >= 15 is 0 Å². The maximum atomic E-state index is 12.1. The number of hydrogen-bond donors (Lipinski definition) is 4. The Labute approximate surface area is 167 Å². The molecule has 29 heavy (non-hydrogen) atoms. The second-order valence-electron chi connectivity index (χ2n) is 8.41. The number of aromatic nitrogens is 4. The molecule has 2 saturated carbocycles. The van der Waals surface area contributed by atoms with E-state index in [9.17, 15) is 4.79 Å². The van der Waals surface area contributed by atoms with Crippen LogP contribution in [0.1, 0.15) is 36.0 Å². The molecule has 0 aliphatic heterocycles. The summed E-state index contributed by atoms with van der Waals surface area (Å²) in [7, 11) is 0. The first-order valence-electron chi connectivity index (χ1n) is 10.2. The SMILES string of the molecule is NC(=O)c1c[nH+]c(NC(C2CC2)C2CC2)c2c1[nH]c1cc(-c3cn[nH]c3)ccc12. The fraction of sp³-hybridized carbons (Fsp3) is 0.318. The average Bonchev–Trinajstić information content (AvgIpc) is 3.64. The van der Waals surface area contributed by atoms with Crippen LogP contribution in [0.3, 0.4) is 0 Å². The Balaban J connectivity index is 1.53. The van der Waals surface area contributed by atoms with Gasteiger partial charge in [-0.2, -0.15) is 5.10 Å². The number of H-pyrrole nitrogens is 3. The summed E-state index contributed by atoms with van der Waals surface area (Å²) in [5.41, 5.74) is 9.97. The van der Waals surface area contributed by atoms with E-state index in [1.165, 1.54) is 25.7 Å². The summed E-state index contributed by atoms with van der Waals surface area (Å²) < 4.78 is 0. The summed E-state index contributed by atoms with van der Waals surface area (Å²) in [5.74, 6) is 2.05. The van der Waals surface area contributed by atoms with Gasteiger partial charge in [-0.15, -0.1) is 0 Å². The van der Waals surface area contributed by atoms with Crippen LogP contribution in [0.15, 0.2) is 36.8 Å². The maximum Gasteiger partial charge on any atom is 0.282 e. The van der Waals surface area contributed by atoms with E-state index in [4.69, 9.17) is 5.73 Å². The summed E-state index contributed by atoms with van der Waals surface area (Å²) in [5, 5.41) is 12.8. The number of carbonyl (C=O) groups is 1. The molecule has 6 rings (SSSR count). The van der Waals surface area contributed by atoms with Crippen LogP contribution in [0, 0.1) is 11.8 Å². The topological polar surface area (TPSA) is 114 Å². The average molecular weight is 387 g/mol. The van der Waals surface area contributed by atoms with Gasteiger partial charge in [0.1, 0.15) is 11.8 Å². The fourth-order valence-electron chi connectivity index (χ4n) is 4.54. The molecule has 2 fully saturated rings. The molecule has 3 heterocycles. The summed E-state index contributed by atoms with van der Waals surface area (Å²) in [4.78, 5) is 18.8. The summed E-state index contributed by atoms with van der Waals surface area (Å²) in [6, 6.07) is 6.78. The molecular formula is C22H23N6O+. The van der Waals surface area contributed by atoms with Crippen LogP contribution < -0.4 is 16.0 Å². The molecule has 0 radical (unpaired) electrons. The van der Waals surface area contributed by atoms with Gasteiger partial charge in [-0.1, -0.05) is 12.1 Å². The van der Waals surface area contributed by atoms with Crippen molar-refractivity contribution in [3.05, 3.63) is 42.4 Å². The molecule has 0 unspecified atom stereocenters. The van der Waals surface area contributed by atoms with Crippen LogP contribution in [0.5, 0.6) is 0 Å². The van der Waals surface area contributed by atoms with Crippen molar-refractivity contribution >= 4 is 33.5 Å². The van der Waals surface area contributed by atoms with Crippen molar-refractivity contribution in [2.45, 2.75) is 31.7 Å². The van der Waals surface area contributed by atoms with Crippen LogP contribution in [-0.4, -0.2) is 27.1 Å². The van der Waals surface area contributed by atoms with Crippen LogP contribution in [0.25, 0.3) is 32.9 Å². The van der Waals surface area contributed by atoms with E-state index in [0.717, 1.165) is 50.6 Å². The third kappa shape index (κ3) is 2.76. The molecule has 6 N–H and O–H groups in total. The largest absolute Gasteiger partial charge is 0.365 e. The highest BCUT2D eigenvalue weighted by atomic mass is 16.1. The molecule has 7 heteroatoms. The van der Waals surface area contributed by atoms with Crippen LogP contribution in [0.4, 0.5) is 5.82 Å². The number of aromatic amines is 3. The normalized spacial score (nSPS) is 16.7. The number of nitrogens with two attached hydrogens (primary N) is 1. The van der Waals surface area contributed by atoms with Gasteiger partial charge in [0.15, 0.2) is 0 Å². The zero-order chi connectivity index (χ0) is 19.5. The van der Waals surface area contributed by atoms with Gasteiger partial charge < -0.3 is 10.7 Å². The molecule has 2 aliphatic rings. The first kappa shape index (κ1) is 16.6. The summed E-state index contributed by atoms with van der Waals surface area (Å²) >= 11 is 0. The zero-order valence-electron chi connectivity index (χ0n) is 16.0. The molecular weight excluding hydrogens is 364 g/mol. The number of pyridine rings is 1. The van der Waals surface area contributed by atoms with E-state index in [2.05, 4.69) is 43.7 Å². The second kappa shape index (κ2) is 6.07. The smallest absolute Gasteiger partial charge is 0.282 e. The maximum absolute atomic E-state index is 12.1. The molecule has 3 aromatic heterocycles. The van der Waals surface area contributed by atoms with Gasteiger partial charge in [0.25, 0.3) is 11.7 Å². The number of fused-ring (bicyclic) bond motifs is 3. The Morgan fingerprint density at radius 2 is 2.00 bits per heavy atom. The highest BCUT2D eigenvalue weighted by Crippen LogP contribution is 2.46. The number of primary amides is 1. The number of anilines is 1. The van der Waals surface area contributed by atoms with E-state index in [1.54, 1.807) is 12.4 Å². The van der Waals surface area contributed by atoms with Gasteiger partial charge in [0, 0.05) is 22.7 Å².